The largest absolute Gasteiger partial charge is 0.492 e. The Morgan fingerprint density at radius 3 is 2.50 bits per heavy atom. The molecule has 0 aromatic heterocycles. The van der Waals surface area contributed by atoms with E-state index in [1.807, 2.05) is 0 Å². The third kappa shape index (κ3) is 6.94. The molecule has 0 bridgehead atoms. The minimum Gasteiger partial charge on any atom is -0.492 e. The van der Waals surface area contributed by atoms with Gasteiger partial charge in [-0.15, -0.1) is 0 Å². The molecular weight excluding hydrogens is 263 g/mol. The average Bonchev–Trinajstić information content (AvgIpc) is 2.33. The number of hydrogen-bond donors (Lipinski definition) is 2. The number of amides is 1. The van der Waals surface area contributed by atoms with Crippen molar-refractivity contribution in [2.75, 3.05) is 13.2 Å². The van der Waals surface area contributed by atoms with Gasteiger partial charge in [-0.2, -0.15) is 0 Å². The zero-order valence-corrected chi connectivity index (χ0v) is 12.0. The summed E-state index contributed by atoms with van der Waals surface area (Å²) in [5.41, 5.74) is 5.25. The van der Waals surface area contributed by atoms with Gasteiger partial charge in [0.1, 0.15) is 23.8 Å². The lowest BCUT2D eigenvalue weighted by atomic mass is 10.2. The second-order valence-electron chi connectivity index (χ2n) is 5.41. The number of rotatable bonds is 5. The van der Waals surface area contributed by atoms with Crippen molar-refractivity contribution in [3.05, 3.63) is 30.1 Å². The number of alkyl carbamates (subject to hydrolysis) is 1. The molecule has 5 nitrogen and oxygen atoms in total. The number of ether oxygens (including phenoxy) is 2. The number of benzene rings is 1. The molecule has 0 radical (unpaired) electrons. The molecule has 1 aromatic rings. The van der Waals surface area contributed by atoms with Crippen LogP contribution >= 0.6 is 0 Å². The van der Waals surface area contributed by atoms with Crippen molar-refractivity contribution in [1.82, 2.24) is 5.32 Å². The van der Waals surface area contributed by atoms with Crippen LogP contribution in [-0.4, -0.2) is 30.9 Å². The van der Waals surface area contributed by atoms with E-state index in [9.17, 15) is 9.18 Å². The van der Waals surface area contributed by atoms with Gasteiger partial charge in [-0.25, -0.2) is 9.18 Å². The van der Waals surface area contributed by atoms with Crippen LogP contribution in [0.15, 0.2) is 24.3 Å². The van der Waals surface area contributed by atoms with Crippen molar-refractivity contribution >= 4 is 6.09 Å². The third-order valence-electron chi connectivity index (χ3n) is 2.19. The second kappa shape index (κ2) is 7.09. The van der Waals surface area contributed by atoms with Gasteiger partial charge in [0.2, 0.25) is 0 Å². The van der Waals surface area contributed by atoms with E-state index in [-0.39, 0.29) is 25.0 Å². The van der Waals surface area contributed by atoms with E-state index in [4.69, 9.17) is 15.2 Å². The molecular formula is C14H21FN2O3. The Morgan fingerprint density at radius 1 is 1.35 bits per heavy atom. The van der Waals surface area contributed by atoms with E-state index in [2.05, 4.69) is 5.32 Å². The predicted octanol–water partition coefficient (Wildman–Crippen LogP) is 2.06. The average molecular weight is 284 g/mol. The minimum absolute atomic E-state index is 0.210. The van der Waals surface area contributed by atoms with E-state index in [1.54, 1.807) is 20.8 Å². The summed E-state index contributed by atoms with van der Waals surface area (Å²) >= 11 is 0. The molecule has 0 heterocycles. The van der Waals surface area contributed by atoms with Crippen LogP contribution in [0.3, 0.4) is 0 Å². The summed E-state index contributed by atoms with van der Waals surface area (Å²) in [5.74, 6) is 0.201. The third-order valence-corrected chi connectivity index (χ3v) is 2.19. The van der Waals surface area contributed by atoms with Gasteiger partial charge in [0, 0.05) is 6.54 Å². The Bertz CT molecular complexity index is 429. The first-order chi connectivity index (χ1) is 9.26. The number of hydrogen-bond acceptors (Lipinski definition) is 4. The molecule has 1 unspecified atom stereocenters. The normalized spacial score (nSPS) is 12.7. The maximum absolute atomic E-state index is 12.7. The van der Waals surface area contributed by atoms with Crippen LogP contribution < -0.4 is 15.8 Å². The van der Waals surface area contributed by atoms with Crippen LogP contribution in [0.4, 0.5) is 9.18 Å². The topological polar surface area (TPSA) is 73.6 Å². The van der Waals surface area contributed by atoms with Crippen molar-refractivity contribution in [3.63, 3.8) is 0 Å². The van der Waals surface area contributed by atoms with Gasteiger partial charge in [0.15, 0.2) is 0 Å². The van der Waals surface area contributed by atoms with E-state index < -0.39 is 11.7 Å². The zero-order valence-electron chi connectivity index (χ0n) is 12.0. The molecule has 0 aliphatic carbocycles. The Morgan fingerprint density at radius 2 is 1.95 bits per heavy atom. The van der Waals surface area contributed by atoms with Crippen LogP contribution in [0.5, 0.6) is 5.75 Å². The number of carbonyl (C=O) groups excluding carboxylic acids is 1. The number of carbonyl (C=O) groups is 1. The van der Waals surface area contributed by atoms with Gasteiger partial charge in [-0.05, 0) is 45.0 Å². The standard InChI is InChI=1S/C14H21FN2O3/c1-14(2,3)20-13(18)17-8-11(16)9-19-12-6-4-10(15)5-7-12/h4-7,11H,8-9,16H2,1-3H3,(H,17,18). The van der Waals surface area contributed by atoms with Gasteiger partial charge in [0.05, 0.1) is 6.04 Å². The first kappa shape index (κ1) is 16.2. The number of nitrogens with one attached hydrogen (secondary N) is 1. The fourth-order valence-corrected chi connectivity index (χ4v) is 1.32. The SMILES string of the molecule is CC(C)(C)OC(=O)NCC(N)COc1ccc(F)cc1. The van der Waals surface area contributed by atoms with Gasteiger partial charge in [-0.1, -0.05) is 0 Å². The number of halogens is 1. The molecule has 0 aliphatic rings. The Balaban J connectivity index is 2.25. The molecule has 0 spiro atoms. The molecule has 0 saturated heterocycles. The Labute approximate surface area is 118 Å². The fourth-order valence-electron chi connectivity index (χ4n) is 1.32. The molecule has 0 saturated carbocycles. The molecule has 1 rings (SSSR count). The Kier molecular flexibility index (Phi) is 5.76. The van der Waals surface area contributed by atoms with E-state index in [0.29, 0.717) is 5.75 Å². The monoisotopic (exact) mass is 284 g/mol. The highest BCUT2D eigenvalue weighted by molar-refractivity contribution is 5.67. The lowest BCUT2D eigenvalue weighted by molar-refractivity contribution is 0.0522. The maximum Gasteiger partial charge on any atom is 0.407 e. The van der Waals surface area contributed by atoms with Crippen molar-refractivity contribution in [2.24, 2.45) is 5.73 Å². The van der Waals surface area contributed by atoms with Gasteiger partial charge in [0.25, 0.3) is 0 Å². The molecule has 0 aliphatic heterocycles. The molecule has 6 heteroatoms. The molecule has 0 fully saturated rings. The van der Waals surface area contributed by atoms with Crippen molar-refractivity contribution in [3.8, 4) is 5.75 Å². The summed E-state index contributed by atoms with van der Waals surface area (Å²) in [6, 6.07) is 5.26. The van der Waals surface area contributed by atoms with Crippen LogP contribution in [0.25, 0.3) is 0 Å². The highest BCUT2D eigenvalue weighted by Crippen LogP contribution is 2.11. The van der Waals surface area contributed by atoms with E-state index in [0.717, 1.165) is 0 Å². The first-order valence-corrected chi connectivity index (χ1v) is 6.37. The van der Waals surface area contributed by atoms with Gasteiger partial charge in [-0.3, -0.25) is 0 Å². The maximum atomic E-state index is 12.7. The van der Waals surface area contributed by atoms with Crippen molar-refractivity contribution < 1.29 is 18.7 Å². The summed E-state index contributed by atoms with van der Waals surface area (Å²) in [6.07, 6.45) is -0.519. The Hall–Kier alpha value is -1.82. The molecule has 20 heavy (non-hydrogen) atoms. The summed E-state index contributed by atoms with van der Waals surface area (Å²) in [4.78, 5) is 11.4. The molecule has 3 N–H and O–H groups in total. The highest BCUT2D eigenvalue weighted by atomic mass is 19.1. The van der Waals surface area contributed by atoms with Crippen LogP contribution in [0, 0.1) is 5.82 Å². The highest BCUT2D eigenvalue weighted by Gasteiger charge is 2.16. The van der Waals surface area contributed by atoms with Crippen LogP contribution in [0.1, 0.15) is 20.8 Å². The lowest BCUT2D eigenvalue weighted by Gasteiger charge is -2.20. The summed E-state index contributed by atoms with van der Waals surface area (Å²) in [6.45, 7) is 5.79. The number of nitrogens with two attached hydrogens (primary N) is 1. The summed E-state index contributed by atoms with van der Waals surface area (Å²) < 4.78 is 23.1. The molecule has 112 valence electrons. The van der Waals surface area contributed by atoms with Gasteiger partial charge >= 0.3 is 6.09 Å². The zero-order chi connectivity index (χ0) is 15.2. The van der Waals surface area contributed by atoms with Gasteiger partial charge < -0.3 is 20.5 Å². The first-order valence-electron chi connectivity index (χ1n) is 6.37. The van der Waals surface area contributed by atoms with Crippen LogP contribution in [-0.2, 0) is 4.74 Å². The van der Waals surface area contributed by atoms with Crippen LogP contribution in [0.2, 0.25) is 0 Å². The van der Waals surface area contributed by atoms with Crippen molar-refractivity contribution in [2.45, 2.75) is 32.4 Å². The predicted molar refractivity (Wildman–Crippen MR) is 74.1 cm³/mol. The second-order valence-corrected chi connectivity index (χ2v) is 5.41. The molecule has 1 atom stereocenters. The minimum atomic E-state index is -0.543. The van der Waals surface area contributed by atoms with E-state index in [1.165, 1.54) is 24.3 Å². The summed E-state index contributed by atoms with van der Waals surface area (Å²) in [7, 11) is 0. The molecule has 1 aromatic carbocycles. The quantitative estimate of drug-likeness (QED) is 0.868. The lowest BCUT2D eigenvalue weighted by Crippen LogP contribution is -2.42. The summed E-state index contributed by atoms with van der Waals surface area (Å²) in [5, 5.41) is 2.56. The van der Waals surface area contributed by atoms with E-state index >= 15 is 0 Å². The fraction of sp³-hybridized carbons (Fsp3) is 0.500. The smallest absolute Gasteiger partial charge is 0.407 e. The van der Waals surface area contributed by atoms with Crippen molar-refractivity contribution in [1.29, 1.82) is 0 Å². The molecule has 1 amide bonds.